The highest BCUT2D eigenvalue weighted by atomic mass is 32.2. The van der Waals surface area contributed by atoms with Crippen molar-refractivity contribution in [2.75, 3.05) is 18.0 Å². The Labute approximate surface area is 152 Å². The molecule has 0 unspecified atom stereocenters. The predicted octanol–water partition coefficient (Wildman–Crippen LogP) is 2.77. The van der Waals surface area contributed by atoms with Crippen LogP contribution in [0.5, 0.6) is 0 Å². The normalized spacial score (nSPS) is 17.7. The number of rotatable bonds is 5. The van der Waals surface area contributed by atoms with Crippen molar-refractivity contribution in [3.8, 4) is 0 Å². The lowest BCUT2D eigenvalue weighted by atomic mass is 10.1. The summed E-state index contributed by atoms with van der Waals surface area (Å²) in [5, 5.41) is 0. The van der Waals surface area contributed by atoms with Crippen LogP contribution in [0, 0.1) is 25.6 Å². The lowest BCUT2D eigenvalue weighted by Gasteiger charge is -2.17. The van der Waals surface area contributed by atoms with E-state index in [1.54, 1.807) is 35.2 Å². The molecule has 2 aromatic rings. The van der Waals surface area contributed by atoms with Crippen LogP contribution in [0.1, 0.15) is 17.5 Å². The van der Waals surface area contributed by atoms with Crippen LogP contribution in [0.3, 0.4) is 0 Å². The van der Waals surface area contributed by atoms with Crippen LogP contribution in [0.4, 0.5) is 10.1 Å². The summed E-state index contributed by atoms with van der Waals surface area (Å²) in [6.07, 6.45) is 0.257. The van der Waals surface area contributed by atoms with Gasteiger partial charge in [-0.05, 0) is 67.3 Å². The summed E-state index contributed by atoms with van der Waals surface area (Å²) in [5.41, 5.74) is 2.56. The first-order valence-corrected chi connectivity index (χ1v) is 9.87. The first kappa shape index (κ1) is 18.5. The van der Waals surface area contributed by atoms with Crippen LogP contribution in [0.25, 0.3) is 0 Å². The first-order valence-electron chi connectivity index (χ1n) is 8.39. The van der Waals surface area contributed by atoms with Crippen molar-refractivity contribution in [2.45, 2.75) is 25.2 Å². The summed E-state index contributed by atoms with van der Waals surface area (Å²) in [6, 6.07) is 10.7. The number of aryl methyl sites for hydroxylation is 2. The van der Waals surface area contributed by atoms with E-state index < -0.39 is 10.0 Å². The zero-order chi connectivity index (χ0) is 18.9. The van der Waals surface area contributed by atoms with Crippen LogP contribution >= 0.6 is 0 Å². The number of halogens is 1. The third-order valence-corrected chi connectivity index (χ3v) is 6.12. The Hall–Kier alpha value is -2.25. The van der Waals surface area contributed by atoms with Crippen molar-refractivity contribution >= 4 is 21.6 Å². The third-order valence-electron chi connectivity index (χ3n) is 4.69. The van der Waals surface area contributed by atoms with Crippen molar-refractivity contribution < 1.29 is 17.6 Å². The maximum absolute atomic E-state index is 13.0. The first-order chi connectivity index (χ1) is 12.3. The minimum atomic E-state index is -3.62. The number of sulfonamides is 1. The molecule has 0 aromatic heterocycles. The number of nitrogens with zero attached hydrogens (tertiary/aromatic N) is 1. The second-order valence-corrected chi connectivity index (χ2v) is 8.42. The Kier molecular flexibility index (Phi) is 5.11. The van der Waals surface area contributed by atoms with Crippen LogP contribution < -0.4 is 9.62 Å². The zero-order valence-electron chi connectivity index (χ0n) is 14.7. The van der Waals surface area contributed by atoms with Crippen LogP contribution in [-0.4, -0.2) is 27.4 Å². The van der Waals surface area contributed by atoms with Gasteiger partial charge in [0.15, 0.2) is 0 Å². The lowest BCUT2D eigenvalue weighted by Crippen LogP contribution is -2.31. The van der Waals surface area contributed by atoms with Gasteiger partial charge in [-0.25, -0.2) is 17.5 Å². The number of benzene rings is 2. The minimum Gasteiger partial charge on any atom is -0.312 e. The quantitative estimate of drug-likeness (QED) is 0.873. The van der Waals surface area contributed by atoms with E-state index in [1.807, 2.05) is 13.8 Å². The SMILES string of the molecule is Cc1ccc(S(=O)(=O)NC[C@H]2CC(=O)N(c3ccc(F)cc3)C2)cc1C. The Morgan fingerprint density at radius 1 is 1.12 bits per heavy atom. The van der Waals surface area contributed by atoms with E-state index in [2.05, 4.69) is 4.72 Å². The maximum Gasteiger partial charge on any atom is 0.240 e. The van der Waals surface area contributed by atoms with Crippen LogP contribution in [0.2, 0.25) is 0 Å². The van der Waals surface area contributed by atoms with Gasteiger partial charge in [-0.3, -0.25) is 4.79 Å². The second kappa shape index (κ2) is 7.17. The summed E-state index contributed by atoms with van der Waals surface area (Å²) >= 11 is 0. The molecule has 1 aliphatic heterocycles. The molecule has 1 N–H and O–H groups in total. The van der Waals surface area contributed by atoms with Gasteiger partial charge in [0.1, 0.15) is 5.82 Å². The molecule has 0 radical (unpaired) electrons. The molecule has 2 aromatic carbocycles. The fourth-order valence-corrected chi connectivity index (χ4v) is 4.18. The topological polar surface area (TPSA) is 66.5 Å². The highest BCUT2D eigenvalue weighted by Crippen LogP contribution is 2.25. The van der Waals surface area contributed by atoms with Gasteiger partial charge in [0, 0.05) is 25.2 Å². The zero-order valence-corrected chi connectivity index (χ0v) is 15.5. The van der Waals surface area contributed by atoms with Gasteiger partial charge in [-0.2, -0.15) is 0 Å². The summed E-state index contributed by atoms with van der Waals surface area (Å²) in [5.74, 6) is -0.584. The highest BCUT2D eigenvalue weighted by Gasteiger charge is 2.31. The molecule has 7 heteroatoms. The Balaban J connectivity index is 1.65. The standard InChI is InChI=1S/C19H21FN2O3S/c1-13-3-8-18(9-14(13)2)26(24,25)21-11-15-10-19(23)22(12-15)17-6-4-16(20)5-7-17/h3-9,15,21H,10-12H2,1-2H3/t15-/m1/s1. The molecule has 0 spiro atoms. The van der Waals surface area contributed by atoms with Gasteiger partial charge in [-0.1, -0.05) is 6.07 Å². The van der Waals surface area contributed by atoms with Crippen molar-refractivity contribution in [1.82, 2.24) is 4.72 Å². The van der Waals surface area contributed by atoms with Crippen molar-refractivity contribution in [3.05, 3.63) is 59.4 Å². The molecular formula is C19H21FN2O3S. The van der Waals surface area contributed by atoms with E-state index in [0.29, 0.717) is 12.2 Å². The van der Waals surface area contributed by atoms with Gasteiger partial charge in [0.25, 0.3) is 0 Å². The molecule has 26 heavy (non-hydrogen) atoms. The number of nitrogens with one attached hydrogen (secondary N) is 1. The second-order valence-electron chi connectivity index (χ2n) is 6.65. The van der Waals surface area contributed by atoms with E-state index in [0.717, 1.165) is 11.1 Å². The molecule has 138 valence electrons. The molecule has 1 aliphatic rings. The lowest BCUT2D eigenvalue weighted by molar-refractivity contribution is -0.117. The van der Waals surface area contributed by atoms with E-state index in [9.17, 15) is 17.6 Å². The number of carbonyl (C=O) groups is 1. The molecule has 0 saturated carbocycles. The van der Waals surface area contributed by atoms with Crippen molar-refractivity contribution in [1.29, 1.82) is 0 Å². The fourth-order valence-electron chi connectivity index (χ4n) is 2.98. The number of hydrogen-bond donors (Lipinski definition) is 1. The average molecular weight is 376 g/mol. The molecule has 1 fully saturated rings. The Morgan fingerprint density at radius 3 is 2.46 bits per heavy atom. The third kappa shape index (κ3) is 3.94. The Morgan fingerprint density at radius 2 is 1.81 bits per heavy atom. The van der Waals surface area contributed by atoms with Gasteiger partial charge < -0.3 is 4.90 Å². The summed E-state index contributed by atoms with van der Waals surface area (Å²) in [6.45, 7) is 4.37. The molecule has 5 nitrogen and oxygen atoms in total. The Bertz CT molecular complexity index is 926. The molecule has 1 amide bonds. The largest absolute Gasteiger partial charge is 0.312 e. The van der Waals surface area contributed by atoms with Gasteiger partial charge in [0.2, 0.25) is 15.9 Å². The van der Waals surface area contributed by atoms with Crippen LogP contribution in [-0.2, 0) is 14.8 Å². The molecule has 1 saturated heterocycles. The molecule has 0 bridgehead atoms. The molecular weight excluding hydrogens is 355 g/mol. The van der Waals surface area contributed by atoms with Gasteiger partial charge in [0.05, 0.1) is 4.90 Å². The van der Waals surface area contributed by atoms with Crippen LogP contribution in [0.15, 0.2) is 47.4 Å². The maximum atomic E-state index is 13.0. The summed E-state index contributed by atoms with van der Waals surface area (Å²) in [4.78, 5) is 14.0. The van der Waals surface area contributed by atoms with Gasteiger partial charge >= 0.3 is 0 Å². The number of hydrogen-bond acceptors (Lipinski definition) is 3. The highest BCUT2D eigenvalue weighted by molar-refractivity contribution is 7.89. The number of anilines is 1. The van der Waals surface area contributed by atoms with E-state index in [1.165, 1.54) is 12.1 Å². The molecule has 1 atom stereocenters. The summed E-state index contributed by atoms with van der Waals surface area (Å²) in [7, 11) is -3.62. The molecule has 3 rings (SSSR count). The monoisotopic (exact) mass is 376 g/mol. The van der Waals surface area contributed by atoms with Crippen molar-refractivity contribution in [3.63, 3.8) is 0 Å². The number of amides is 1. The van der Waals surface area contributed by atoms with E-state index in [-0.39, 0.29) is 35.5 Å². The fraction of sp³-hybridized carbons (Fsp3) is 0.316. The molecule has 1 heterocycles. The smallest absolute Gasteiger partial charge is 0.240 e. The van der Waals surface area contributed by atoms with E-state index in [4.69, 9.17) is 0 Å². The van der Waals surface area contributed by atoms with Crippen molar-refractivity contribution in [2.24, 2.45) is 5.92 Å². The minimum absolute atomic E-state index is 0.0908. The average Bonchev–Trinajstić information content (AvgIpc) is 2.97. The summed E-state index contributed by atoms with van der Waals surface area (Å²) < 4.78 is 40.6. The van der Waals surface area contributed by atoms with Gasteiger partial charge in [-0.15, -0.1) is 0 Å². The predicted molar refractivity (Wildman–Crippen MR) is 98.0 cm³/mol. The number of carbonyl (C=O) groups excluding carboxylic acids is 1. The van der Waals surface area contributed by atoms with E-state index >= 15 is 0 Å². The molecule has 0 aliphatic carbocycles.